The number of fused-ring (bicyclic) bond motifs is 2. The predicted octanol–water partition coefficient (Wildman–Crippen LogP) is 4.20. The summed E-state index contributed by atoms with van der Waals surface area (Å²) in [6.07, 6.45) is 2.21. The Hall–Kier alpha value is -5.90. The first kappa shape index (κ1) is 33.0. The van der Waals surface area contributed by atoms with E-state index < -0.39 is 47.5 Å². The van der Waals surface area contributed by atoms with E-state index in [-0.39, 0.29) is 35.1 Å². The monoisotopic (exact) mass is 656 g/mol. The smallest absolute Gasteiger partial charge is 0.262 e. The van der Waals surface area contributed by atoms with Gasteiger partial charge in [-0.2, -0.15) is 0 Å². The molecular weight excluding hydrogens is 620 g/mol. The summed E-state index contributed by atoms with van der Waals surface area (Å²) in [5, 5.41) is 5.79. The topological polar surface area (TPSA) is 133 Å². The van der Waals surface area contributed by atoms with E-state index in [2.05, 4.69) is 10.6 Å². The predicted molar refractivity (Wildman–Crippen MR) is 182 cm³/mol. The van der Waals surface area contributed by atoms with Crippen LogP contribution in [0.4, 0.5) is 0 Å². The molecule has 10 nitrogen and oxygen atoms in total. The molecule has 0 saturated carbocycles. The summed E-state index contributed by atoms with van der Waals surface area (Å²) in [5.41, 5.74) is 2.79. The maximum absolute atomic E-state index is 13.5. The van der Waals surface area contributed by atoms with Gasteiger partial charge in [-0.15, -0.1) is 0 Å². The van der Waals surface area contributed by atoms with E-state index in [4.69, 9.17) is 0 Å². The van der Waals surface area contributed by atoms with Crippen molar-refractivity contribution in [3.05, 3.63) is 143 Å². The number of hydrogen-bond acceptors (Lipinski definition) is 6. The number of unbranched alkanes of at least 4 members (excludes halogenated alkanes) is 2. The van der Waals surface area contributed by atoms with Gasteiger partial charge in [-0.25, -0.2) is 0 Å². The zero-order chi connectivity index (χ0) is 34.3. The van der Waals surface area contributed by atoms with Gasteiger partial charge in [-0.05, 0) is 54.7 Å². The van der Waals surface area contributed by atoms with Crippen molar-refractivity contribution in [3.63, 3.8) is 0 Å². The molecule has 2 atom stereocenters. The Kier molecular flexibility index (Phi) is 10.0. The molecule has 0 spiro atoms. The van der Waals surface area contributed by atoms with Gasteiger partial charge < -0.3 is 10.6 Å². The van der Waals surface area contributed by atoms with Gasteiger partial charge in [0.15, 0.2) is 0 Å². The fourth-order valence-electron chi connectivity index (χ4n) is 6.34. The normalized spacial score (nSPS) is 14.8. The lowest BCUT2D eigenvalue weighted by atomic mass is 10.0. The van der Waals surface area contributed by atoms with Crippen molar-refractivity contribution >= 4 is 35.4 Å². The fraction of sp³-hybridized carbons (Fsp3) is 0.231. The molecule has 4 aromatic rings. The molecule has 0 aromatic heterocycles. The molecule has 49 heavy (non-hydrogen) atoms. The molecule has 0 saturated heterocycles. The number of amides is 6. The molecule has 10 heteroatoms. The van der Waals surface area contributed by atoms with Crippen molar-refractivity contribution < 1.29 is 28.8 Å². The van der Waals surface area contributed by atoms with E-state index in [1.165, 1.54) is 0 Å². The van der Waals surface area contributed by atoms with Crippen molar-refractivity contribution in [3.8, 4) is 0 Å². The quantitative estimate of drug-likeness (QED) is 0.154. The first-order valence-electron chi connectivity index (χ1n) is 16.4. The summed E-state index contributed by atoms with van der Waals surface area (Å²) in [6, 6.07) is 29.6. The van der Waals surface area contributed by atoms with Crippen molar-refractivity contribution in [1.29, 1.82) is 0 Å². The number of carbonyl (C=O) groups excluding carboxylic acids is 6. The molecule has 0 aliphatic carbocycles. The van der Waals surface area contributed by atoms with Gasteiger partial charge in [-0.3, -0.25) is 38.6 Å². The lowest BCUT2D eigenvalue weighted by molar-refractivity contribution is -0.125. The van der Waals surface area contributed by atoms with E-state index >= 15 is 0 Å². The third-order valence-corrected chi connectivity index (χ3v) is 8.88. The minimum absolute atomic E-state index is 0.182. The standard InChI is InChI=1S/C39H36N4O6/c44-34(32(24-26-14-4-1-5-15-26)42-36(46)28-18-8-9-19-29(28)37(42)47)40-22-12-3-13-23-41-35(45)33(25-27-16-6-2-7-17-27)43-38(48)30-20-10-11-21-31(30)39(43)49/h1-2,4-11,14-21,32-33H,3,12-13,22-25H2,(H,40,44)(H,41,45). The number of nitrogens with zero attached hydrogens (tertiary/aromatic N) is 2. The molecule has 248 valence electrons. The molecule has 0 radical (unpaired) electrons. The van der Waals surface area contributed by atoms with Gasteiger partial charge >= 0.3 is 0 Å². The second-order valence-electron chi connectivity index (χ2n) is 12.1. The first-order chi connectivity index (χ1) is 23.8. The Bertz CT molecular complexity index is 1690. The van der Waals surface area contributed by atoms with Gasteiger partial charge in [0.05, 0.1) is 22.3 Å². The maximum Gasteiger partial charge on any atom is 0.262 e. The SMILES string of the molecule is O=C(NCCCCCNC(=O)C(Cc1ccccc1)N1C(=O)c2ccccc2C1=O)C(Cc1ccccc1)N1C(=O)c2ccccc2C1=O. The first-order valence-corrected chi connectivity index (χ1v) is 16.4. The third-order valence-electron chi connectivity index (χ3n) is 8.88. The zero-order valence-corrected chi connectivity index (χ0v) is 26.8. The molecule has 6 rings (SSSR count). The molecule has 6 amide bonds. The average molecular weight is 657 g/mol. The van der Waals surface area contributed by atoms with Crippen LogP contribution in [0.5, 0.6) is 0 Å². The molecule has 2 aliphatic heterocycles. The van der Waals surface area contributed by atoms with Crippen molar-refractivity contribution in [2.75, 3.05) is 13.1 Å². The van der Waals surface area contributed by atoms with Crippen LogP contribution in [0.1, 0.15) is 71.8 Å². The van der Waals surface area contributed by atoms with Crippen LogP contribution in [0, 0.1) is 0 Å². The molecule has 2 N–H and O–H groups in total. The minimum Gasteiger partial charge on any atom is -0.354 e. The molecule has 2 unspecified atom stereocenters. The molecule has 2 heterocycles. The highest BCUT2D eigenvalue weighted by Crippen LogP contribution is 2.27. The average Bonchev–Trinajstić information content (AvgIpc) is 3.53. The van der Waals surface area contributed by atoms with Crippen molar-refractivity contribution in [2.45, 2.75) is 44.2 Å². The summed E-state index contributed by atoms with van der Waals surface area (Å²) < 4.78 is 0. The minimum atomic E-state index is -1.02. The third kappa shape index (κ3) is 7.03. The van der Waals surface area contributed by atoms with Crippen LogP contribution >= 0.6 is 0 Å². The summed E-state index contributed by atoms with van der Waals surface area (Å²) in [4.78, 5) is 81.9. The van der Waals surface area contributed by atoms with E-state index in [9.17, 15) is 28.8 Å². The van der Waals surface area contributed by atoms with Crippen LogP contribution in [0.2, 0.25) is 0 Å². The number of hydrogen-bond donors (Lipinski definition) is 2. The second kappa shape index (κ2) is 14.9. The molecule has 0 bridgehead atoms. The number of carbonyl (C=O) groups is 6. The van der Waals surface area contributed by atoms with Gasteiger partial charge in [0, 0.05) is 25.9 Å². The molecule has 0 fully saturated rings. The Morgan fingerprint density at radius 2 is 0.755 bits per heavy atom. The van der Waals surface area contributed by atoms with Gasteiger partial charge in [0.25, 0.3) is 23.6 Å². The lowest BCUT2D eigenvalue weighted by Crippen LogP contribution is -2.51. The summed E-state index contributed by atoms with van der Waals surface area (Å²) in [7, 11) is 0. The van der Waals surface area contributed by atoms with Crippen LogP contribution in [0.3, 0.4) is 0 Å². The van der Waals surface area contributed by atoms with E-state index in [1.54, 1.807) is 48.5 Å². The highest BCUT2D eigenvalue weighted by molar-refractivity contribution is 6.23. The Morgan fingerprint density at radius 3 is 1.08 bits per heavy atom. The molecular formula is C39H36N4O6. The Balaban J connectivity index is 1.02. The van der Waals surface area contributed by atoms with Crippen molar-refractivity contribution in [2.24, 2.45) is 0 Å². The zero-order valence-electron chi connectivity index (χ0n) is 26.8. The second-order valence-corrected chi connectivity index (χ2v) is 12.1. The lowest BCUT2D eigenvalue weighted by Gasteiger charge is -2.26. The van der Waals surface area contributed by atoms with Crippen LogP contribution < -0.4 is 10.6 Å². The number of nitrogens with one attached hydrogen (secondary N) is 2. The van der Waals surface area contributed by atoms with E-state index in [1.807, 2.05) is 60.7 Å². The summed E-state index contributed by atoms with van der Waals surface area (Å²) >= 11 is 0. The summed E-state index contributed by atoms with van der Waals surface area (Å²) in [5.74, 6) is -2.79. The summed E-state index contributed by atoms with van der Waals surface area (Å²) in [6.45, 7) is 0.625. The van der Waals surface area contributed by atoms with Crippen LogP contribution in [-0.2, 0) is 22.4 Å². The van der Waals surface area contributed by atoms with Gasteiger partial charge in [-0.1, -0.05) is 84.9 Å². The number of benzene rings is 4. The maximum atomic E-state index is 13.5. The van der Waals surface area contributed by atoms with Crippen LogP contribution in [0.25, 0.3) is 0 Å². The van der Waals surface area contributed by atoms with Crippen LogP contribution in [0.15, 0.2) is 109 Å². The highest BCUT2D eigenvalue weighted by atomic mass is 16.2. The highest BCUT2D eigenvalue weighted by Gasteiger charge is 2.43. The molecule has 4 aromatic carbocycles. The Morgan fingerprint density at radius 1 is 0.449 bits per heavy atom. The van der Waals surface area contributed by atoms with E-state index in [0.717, 1.165) is 20.9 Å². The fourth-order valence-corrected chi connectivity index (χ4v) is 6.34. The Labute approximate surface area is 284 Å². The van der Waals surface area contributed by atoms with E-state index in [0.29, 0.717) is 32.4 Å². The number of rotatable bonds is 14. The van der Waals surface area contributed by atoms with Crippen molar-refractivity contribution in [1.82, 2.24) is 20.4 Å². The van der Waals surface area contributed by atoms with Gasteiger partial charge in [0.1, 0.15) is 12.1 Å². The largest absolute Gasteiger partial charge is 0.354 e. The van der Waals surface area contributed by atoms with Crippen LogP contribution in [-0.4, -0.2) is 70.4 Å². The number of imide groups is 2. The van der Waals surface area contributed by atoms with Gasteiger partial charge in [0.2, 0.25) is 11.8 Å². The molecule has 2 aliphatic rings.